The Morgan fingerprint density at radius 1 is 0.744 bits per heavy atom. The number of hydrogen-bond acceptors (Lipinski definition) is 5. The maximum Gasteiger partial charge on any atom is 0.321 e. The molecule has 0 bridgehead atoms. The molecule has 43 heavy (non-hydrogen) atoms. The van der Waals surface area contributed by atoms with Gasteiger partial charge in [-0.1, -0.05) is 72.8 Å². The summed E-state index contributed by atoms with van der Waals surface area (Å²) in [4.78, 5) is 18.0. The summed E-state index contributed by atoms with van der Waals surface area (Å²) < 4.78 is 14.1. The number of aliphatic hydroxyl groups is 2. The standard InChI is InChI=1S/C34H34FN5O3/c35-27-13-11-25(16-28(27)36)21-40-31(18-23-9-5-2-6-10-23)33(42)32(41)30(17-22-7-3-1-4-8-22)39(34(40)43)20-24-12-14-29-26(15-24)19-37-38-29/h1-16,19,30-33,41-42H,17-18,20-21,36H2,(H,37,38)/t30-,31-,32+,33+/m1/s1. The van der Waals surface area contributed by atoms with Crippen LogP contribution < -0.4 is 5.73 Å². The number of H-pyrrole nitrogens is 1. The van der Waals surface area contributed by atoms with Crippen molar-refractivity contribution in [1.29, 1.82) is 0 Å². The number of rotatable bonds is 8. The summed E-state index contributed by atoms with van der Waals surface area (Å²) >= 11 is 0. The molecule has 9 heteroatoms. The number of carbonyl (C=O) groups is 1. The summed E-state index contributed by atoms with van der Waals surface area (Å²) in [5.41, 5.74) is 10.1. The minimum atomic E-state index is -1.27. The van der Waals surface area contributed by atoms with Gasteiger partial charge in [-0.15, -0.1) is 0 Å². The van der Waals surface area contributed by atoms with Crippen LogP contribution in [0.5, 0.6) is 0 Å². The third kappa shape index (κ3) is 6.09. The fourth-order valence-corrected chi connectivity index (χ4v) is 5.99. The minimum absolute atomic E-state index is 0.0211. The molecule has 6 rings (SSSR count). The van der Waals surface area contributed by atoms with Crippen molar-refractivity contribution in [2.45, 2.75) is 50.2 Å². The van der Waals surface area contributed by atoms with Crippen LogP contribution in [0.4, 0.5) is 14.9 Å². The topological polar surface area (TPSA) is 119 Å². The van der Waals surface area contributed by atoms with Crippen LogP contribution >= 0.6 is 0 Å². The van der Waals surface area contributed by atoms with Crippen molar-refractivity contribution >= 4 is 22.6 Å². The number of aromatic amines is 1. The van der Waals surface area contributed by atoms with Gasteiger partial charge in [0.1, 0.15) is 18.0 Å². The van der Waals surface area contributed by atoms with Gasteiger partial charge in [0.2, 0.25) is 0 Å². The molecule has 0 saturated carbocycles. The largest absolute Gasteiger partial charge is 0.396 e. The zero-order valence-electron chi connectivity index (χ0n) is 23.6. The van der Waals surface area contributed by atoms with E-state index < -0.39 is 30.1 Å². The van der Waals surface area contributed by atoms with Crippen LogP contribution in [0.25, 0.3) is 10.9 Å². The lowest BCUT2D eigenvalue weighted by molar-refractivity contribution is -0.0408. The lowest BCUT2D eigenvalue weighted by atomic mass is 9.91. The molecule has 5 aromatic rings. The van der Waals surface area contributed by atoms with Crippen LogP contribution in [0.1, 0.15) is 22.3 Å². The Morgan fingerprint density at radius 3 is 1.84 bits per heavy atom. The fraction of sp³-hybridized carbons (Fsp3) is 0.235. The second-order valence-electron chi connectivity index (χ2n) is 11.2. The molecule has 8 nitrogen and oxygen atoms in total. The maximum atomic E-state index is 14.7. The van der Waals surface area contributed by atoms with Crippen LogP contribution in [0.15, 0.2) is 103 Å². The molecule has 0 aliphatic carbocycles. The van der Waals surface area contributed by atoms with Crippen molar-refractivity contribution in [2.75, 3.05) is 5.73 Å². The van der Waals surface area contributed by atoms with E-state index in [1.165, 1.54) is 12.1 Å². The smallest absolute Gasteiger partial charge is 0.321 e. The Labute approximate surface area is 249 Å². The maximum absolute atomic E-state index is 14.7. The van der Waals surface area contributed by atoms with E-state index in [0.717, 1.165) is 27.6 Å². The van der Waals surface area contributed by atoms with Gasteiger partial charge >= 0.3 is 6.03 Å². The highest BCUT2D eigenvalue weighted by Crippen LogP contribution is 2.30. The molecule has 1 fully saturated rings. The van der Waals surface area contributed by atoms with E-state index in [1.54, 1.807) is 22.1 Å². The third-order valence-corrected chi connectivity index (χ3v) is 8.28. The first-order valence-corrected chi connectivity index (χ1v) is 14.3. The van der Waals surface area contributed by atoms with E-state index in [9.17, 15) is 19.4 Å². The predicted molar refractivity (Wildman–Crippen MR) is 163 cm³/mol. The van der Waals surface area contributed by atoms with Crippen LogP contribution in [0.3, 0.4) is 0 Å². The number of halogens is 1. The van der Waals surface area contributed by atoms with Crippen molar-refractivity contribution in [2.24, 2.45) is 0 Å². The first-order valence-electron chi connectivity index (χ1n) is 14.3. The van der Waals surface area contributed by atoms with Crippen LogP contribution in [-0.2, 0) is 25.9 Å². The molecule has 1 aliphatic heterocycles. The summed E-state index contributed by atoms with van der Waals surface area (Å²) in [5, 5.41) is 31.6. The van der Waals surface area contributed by atoms with E-state index in [1.807, 2.05) is 78.9 Å². The highest BCUT2D eigenvalue weighted by Gasteiger charge is 2.46. The average Bonchev–Trinajstić information content (AvgIpc) is 3.48. The minimum Gasteiger partial charge on any atom is -0.396 e. The van der Waals surface area contributed by atoms with Crippen LogP contribution in [0, 0.1) is 5.82 Å². The molecule has 0 unspecified atom stereocenters. The third-order valence-electron chi connectivity index (χ3n) is 8.28. The Balaban J connectivity index is 1.44. The number of nitrogens with zero attached hydrogens (tertiary/aromatic N) is 3. The number of amides is 2. The Kier molecular flexibility index (Phi) is 8.09. The summed E-state index contributed by atoms with van der Waals surface area (Å²) in [6, 6.07) is 27.5. The molecular weight excluding hydrogens is 545 g/mol. The van der Waals surface area contributed by atoms with E-state index in [-0.39, 0.29) is 24.8 Å². The zero-order chi connectivity index (χ0) is 29.9. The first kappa shape index (κ1) is 28.4. The Morgan fingerprint density at radius 2 is 1.28 bits per heavy atom. The fourth-order valence-electron chi connectivity index (χ4n) is 5.99. The Bertz CT molecular complexity index is 1700. The van der Waals surface area contributed by atoms with Gasteiger partial charge in [-0.25, -0.2) is 9.18 Å². The van der Waals surface area contributed by atoms with Gasteiger partial charge in [0.25, 0.3) is 0 Å². The molecule has 4 atom stereocenters. The Hall–Kier alpha value is -4.73. The number of anilines is 1. The predicted octanol–water partition coefficient (Wildman–Crippen LogP) is 4.67. The van der Waals surface area contributed by atoms with Gasteiger partial charge in [0.15, 0.2) is 0 Å². The molecule has 220 valence electrons. The lowest BCUT2D eigenvalue weighted by Gasteiger charge is -2.36. The summed E-state index contributed by atoms with van der Waals surface area (Å²) in [5.74, 6) is -0.540. The number of aliphatic hydroxyl groups excluding tert-OH is 2. The van der Waals surface area contributed by atoms with Crippen LogP contribution in [0.2, 0.25) is 0 Å². The summed E-state index contributed by atoms with van der Waals surface area (Å²) in [6.07, 6.45) is -0.136. The number of urea groups is 1. The molecule has 1 saturated heterocycles. The molecule has 2 heterocycles. The van der Waals surface area contributed by atoms with Crippen molar-refractivity contribution in [3.8, 4) is 0 Å². The number of nitrogens with one attached hydrogen (secondary N) is 1. The van der Waals surface area contributed by atoms with E-state index in [4.69, 9.17) is 5.73 Å². The highest BCUT2D eigenvalue weighted by atomic mass is 19.1. The highest BCUT2D eigenvalue weighted by molar-refractivity contribution is 5.79. The number of nitrogen functional groups attached to an aromatic ring is 1. The lowest BCUT2D eigenvalue weighted by Crippen LogP contribution is -2.50. The van der Waals surface area contributed by atoms with Gasteiger partial charge in [-0.2, -0.15) is 5.10 Å². The number of benzene rings is 4. The monoisotopic (exact) mass is 579 g/mol. The number of nitrogens with two attached hydrogens (primary N) is 1. The average molecular weight is 580 g/mol. The van der Waals surface area contributed by atoms with Gasteiger partial charge in [0.05, 0.1) is 29.5 Å². The van der Waals surface area contributed by atoms with E-state index in [0.29, 0.717) is 18.4 Å². The van der Waals surface area contributed by atoms with Crippen molar-refractivity contribution < 1.29 is 19.4 Å². The van der Waals surface area contributed by atoms with Crippen molar-refractivity contribution in [3.63, 3.8) is 0 Å². The molecular formula is C34H34FN5O3. The summed E-state index contributed by atoms with van der Waals surface area (Å²) in [7, 11) is 0. The zero-order valence-corrected chi connectivity index (χ0v) is 23.6. The molecule has 0 spiro atoms. The summed E-state index contributed by atoms with van der Waals surface area (Å²) in [6.45, 7) is 0.265. The quantitative estimate of drug-likeness (QED) is 0.199. The molecule has 1 aromatic heterocycles. The van der Waals surface area contributed by atoms with E-state index in [2.05, 4.69) is 10.2 Å². The van der Waals surface area contributed by atoms with Gasteiger partial charge in [0, 0.05) is 18.5 Å². The van der Waals surface area contributed by atoms with Crippen molar-refractivity contribution in [1.82, 2.24) is 20.0 Å². The second-order valence-corrected chi connectivity index (χ2v) is 11.2. The number of aromatic nitrogens is 2. The van der Waals surface area contributed by atoms with Crippen LogP contribution in [-0.4, -0.2) is 60.5 Å². The molecule has 5 N–H and O–H groups in total. The normalized spacial score (nSPS) is 20.9. The van der Waals surface area contributed by atoms with E-state index >= 15 is 0 Å². The molecule has 2 amide bonds. The molecule has 1 aliphatic rings. The number of fused-ring (bicyclic) bond motifs is 1. The van der Waals surface area contributed by atoms with Gasteiger partial charge in [-0.05, 0) is 59.4 Å². The van der Waals surface area contributed by atoms with Gasteiger partial charge in [-0.3, -0.25) is 5.10 Å². The van der Waals surface area contributed by atoms with Gasteiger partial charge < -0.3 is 25.7 Å². The SMILES string of the molecule is Nc1cc(CN2C(=O)N(Cc3ccc4[nH]ncc4c3)[C@H](Cc3ccccc3)[C@H](O)[C@@H](O)[C@H]2Cc2ccccc2)ccc1F. The second kappa shape index (κ2) is 12.2. The molecule has 0 radical (unpaired) electrons. The number of carbonyl (C=O) groups excluding carboxylic acids is 1. The van der Waals surface area contributed by atoms with Crippen molar-refractivity contribution in [3.05, 3.63) is 131 Å². The molecule has 4 aromatic carbocycles. The first-order chi connectivity index (χ1) is 20.9. The number of hydrogen-bond donors (Lipinski definition) is 4.